The lowest BCUT2D eigenvalue weighted by atomic mass is 10.0. The van der Waals surface area contributed by atoms with Gasteiger partial charge in [-0.3, -0.25) is 9.78 Å². The van der Waals surface area contributed by atoms with Crippen LogP contribution in [0.1, 0.15) is 60.1 Å². The van der Waals surface area contributed by atoms with Crippen molar-refractivity contribution < 1.29 is 4.79 Å². The molecule has 1 amide bonds. The highest BCUT2D eigenvalue weighted by Crippen LogP contribution is 2.41. The minimum atomic E-state index is 0.143. The van der Waals surface area contributed by atoms with Crippen LogP contribution >= 0.6 is 0 Å². The zero-order chi connectivity index (χ0) is 16.1. The zero-order valence-electron chi connectivity index (χ0n) is 14.2. The maximum Gasteiger partial charge on any atom is 0.254 e. The molecule has 1 heterocycles. The Bertz CT molecular complexity index is 775. The molecule has 0 aliphatic heterocycles. The first-order valence-electron chi connectivity index (χ1n) is 8.73. The van der Waals surface area contributed by atoms with E-state index in [0.29, 0.717) is 17.9 Å². The lowest BCUT2D eigenvalue weighted by Crippen LogP contribution is -2.36. The summed E-state index contributed by atoms with van der Waals surface area (Å²) in [6.45, 7) is 4.24. The van der Waals surface area contributed by atoms with Gasteiger partial charge in [0.2, 0.25) is 0 Å². The average molecular weight is 308 g/mol. The standard InChI is InChI=1S/C20H24N2O/c1-12-4-9-18-16(10-12)17(11-19(21-18)15-7-8-15)20(23)22(3)13(2)14-5-6-14/h4,9-11,13-15H,5-8H2,1-3H3. The van der Waals surface area contributed by atoms with Crippen LogP contribution in [0.2, 0.25) is 0 Å². The molecule has 0 radical (unpaired) electrons. The van der Waals surface area contributed by atoms with Crippen LogP contribution in [0.4, 0.5) is 0 Å². The quantitative estimate of drug-likeness (QED) is 0.844. The predicted molar refractivity (Wildman–Crippen MR) is 92.7 cm³/mol. The van der Waals surface area contributed by atoms with Gasteiger partial charge in [-0.1, -0.05) is 11.6 Å². The number of rotatable bonds is 4. The molecule has 1 aromatic heterocycles. The molecule has 0 saturated heterocycles. The Labute approximate surface area is 137 Å². The Morgan fingerprint density at radius 2 is 1.96 bits per heavy atom. The van der Waals surface area contributed by atoms with E-state index in [2.05, 4.69) is 38.1 Å². The number of carbonyl (C=O) groups is 1. The molecule has 2 aromatic rings. The fourth-order valence-corrected chi connectivity index (χ4v) is 3.40. The van der Waals surface area contributed by atoms with Crippen LogP contribution in [-0.2, 0) is 0 Å². The van der Waals surface area contributed by atoms with Gasteiger partial charge in [-0.15, -0.1) is 0 Å². The summed E-state index contributed by atoms with van der Waals surface area (Å²) < 4.78 is 0. The highest BCUT2D eigenvalue weighted by Gasteiger charge is 2.34. The Kier molecular flexibility index (Phi) is 3.40. The van der Waals surface area contributed by atoms with E-state index >= 15 is 0 Å². The molecule has 2 aliphatic carbocycles. The summed E-state index contributed by atoms with van der Waals surface area (Å²) in [5.41, 5.74) is 4.05. The maximum atomic E-state index is 13.1. The number of pyridine rings is 1. The zero-order valence-corrected chi connectivity index (χ0v) is 14.2. The number of amides is 1. The second kappa shape index (κ2) is 5.33. The summed E-state index contributed by atoms with van der Waals surface area (Å²) in [5.74, 6) is 1.38. The van der Waals surface area contributed by atoms with E-state index in [-0.39, 0.29) is 5.91 Å². The fourth-order valence-electron chi connectivity index (χ4n) is 3.40. The van der Waals surface area contributed by atoms with Crippen molar-refractivity contribution in [2.24, 2.45) is 5.92 Å². The molecule has 120 valence electrons. The van der Waals surface area contributed by atoms with E-state index in [0.717, 1.165) is 22.2 Å². The first-order valence-corrected chi connectivity index (χ1v) is 8.73. The van der Waals surface area contributed by atoms with Gasteiger partial charge < -0.3 is 4.90 Å². The summed E-state index contributed by atoms with van der Waals surface area (Å²) in [6.07, 6.45) is 4.91. The number of hydrogen-bond acceptors (Lipinski definition) is 2. The van der Waals surface area contributed by atoms with Crippen LogP contribution in [0.3, 0.4) is 0 Å². The number of benzene rings is 1. The molecule has 3 heteroatoms. The molecule has 4 rings (SSSR count). The minimum Gasteiger partial charge on any atom is -0.339 e. The van der Waals surface area contributed by atoms with Crippen LogP contribution in [-0.4, -0.2) is 28.9 Å². The molecule has 2 saturated carbocycles. The SMILES string of the molecule is Cc1ccc2nc(C3CC3)cc(C(=O)N(C)C(C)C3CC3)c2c1. The number of aryl methyl sites for hydroxylation is 1. The third-order valence-electron chi connectivity index (χ3n) is 5.45. The number of aromatic nitrogens is 1. The van der Waals surface area contributed by atoms with Gasteiger partial charge in [0.05, 0.1) is 11.1 Å². The molecule has 1 aromatic carbocycles. The Balaban J connectivity index is 1.79. The molecule has 2 aliphatic rings. The Hall–Kier alpha value is -1.90. The van der Waals surface area contributed by atoms with E-state index in [1.807, 2.05) is 11.9 Å². The highest BCUT2D eigenvalue weighted by molar-refractivity contribution is 6.06. The van der Waals surface area contributed by atoms with Crippen molar-refractivity contribution in [1.29, 1.82) is 0 Å². The molecule has 23 heavy (non-hydrogen) atoms. The maximum absolute atomic E-state index is 13.1. The second-order valence-corrected chi connectivity index (χ2v) is 7.38. The molecule has 0 spiro atoms. The minimum absolute atomic E-state index is 0.143. The molecule has 0 N–H and O–H groups in total. The van der Waals surface area contributed by atoms with Crippen LogP contribution < -0.4 is 0 Å². The van der Waals surface area contributed by atoms with E-state index < -0.39 is 0 Å². The second-order valence-electron chi connectivity index (χ2n) is 7.38. The average Bonchev–Trinajstić information content (AvgIpc) is 3.42. The van der Waals surface area contributed by atoms with Crippen LogP contribution in [0.15, 0.2) is 24.3 Å². The number of carbonyl (C=O) groups excluding carboxylic acids is 1. The highest BCUT2D eigenvalue weighted by atomic mass is 16.2. The van der Waals surface area contributed by atoms with Crippen molar-refractivity contribution in [3.05, 3.63) is 41.1 Å². The third kappa shape index (κ3) is 2.73. The summed E-state index contributed by atoms with van der Waals surface area (Å²) >= 11 is 0. The van der Waals surface area contributed by atoms with Crippen molar-refractivity contribution in [1.82, 2.24) is 9.88 Å². The molecule has 0 bridgehead atoms. The van der Waals surface area contributed by atoms with Crippen molar-refractivity contribution >= 4 is 16.8 Å². The lowest BCUT2D eigenvalue weighted by molar-refractivity contribution is 0.0729. The summed E-state index contributed by atoms with van der Waals surface area (Å²) in [4.78, 5) is 19.9. The monoisotopic (exact) mass is 308 g/mol. The fraction of sp³-hybridized carbons (Fsp3) is 0.500. The molecule has 1 unspecified atom stereocenters. The van der Waals surface area contributed by atoms with E-state index in [9.17, 15) is 4.79 Å². The van der Waals surface area contributed by atoms with Gasteiger partial charge in [0.25, 0.3) is 5.91 Å². The van der Waals surface area contributed by atoms with Gasteiger partial charge in [0.1, 0.15) is 0 Å². The van der Waals surface area contributed by atoms with Crippen LogP contribution in [0.5, 0.6) is 0 Å². The van der Waals surface area contributed by atoms with E-state index in [4.69, 9.17) is 4.98 Å². The van der Waals surface area contributed by atoms with Crippen molar-refractivity contribution in [3.8, 4) is 0 Å². The Morgan fingerprint density at radius 1 is 1.22 bits per heavy atom. The van der Waals surface area contributed by atoms with Gasteiger partial charge in [-0.05, 0) is 63.6 Å². The normalized spacial score (nSPS) is 18.9. The van der Waals surface area contributed by atoms with Gasteiger partial charge in [0, 0.05) is 30.1 Å². The summed E-state index contributed by atoms with van der Waals surface area (Å²) in [5, 5.41) is 0.995. The molecule has 3 nitrogen and oxygen atoms in total. The first-order chi connectivity index (χ1) is 11.0. The Morgan fingerprint density at radius 3 is 2.61 bits per heavy atom. The van der Waals surface area contributed by atoms with Crippen LogP contribution in [0, 0.1) is 12.8 Å². The van der Waals surface area contributed by atoms with Crippen LogP contribution in [0.25, 0.3) is 10.9 Å². The molecular formula is C20H24N2O. The lowest BCUT2D eigenvalue weighted by Gasteiger charge is -2.25. The molecule has 1 atom stereocenters. The van der Waals surface area contributed by atoms with Crippen molar-refractivity contribution in [2.45, 2.75) is 51.5 Å². The molecular weight excluding hydrogens is 284 g/mol. The van der Waals surface area contributed by atoms with E-state index in [1.54, 1.807) is 0 Å². The van der Waals surface area contributed by atoms with Crippen molar-refractivity contribution in [3.63, 3.8) is 0 Å². The largest absolute Gasteiger partial charge is 0.339 e. The number of nitrogens with zero attached hydrogens (tertiary/aromatic N) is 2. The first kappa shape index (κ1) is 14.7. The van der Waals surface area contributed by atoms with Gasteiger partial charge >= 0.3 is 0 Å². The van der Waals surface area contributed by atoms with Gasteiger partial charge in [-0.2, -0.15) is 0 Å². The van der Waals surface area contributed by atoms with Gasteiger partial charge in [-0.25, -0.2) is 0 Å². The van der Waals surface area contributed by atoms with Crippen molar-refractivity contribution in [2.75, 3.05) is 7.05 Å². The predicted octanol–water partition coefficient (Wildman–Crippen LogP) is 4.29. The van der Waals surface area contributed by atoms with E-state index in [1.165, 1.54) is 31.2 Å². The van der Waals surface area contributed by atoms with Gasteiger partial charge in [0.15, 0.2) is 0 Å². The third-order valence-corrected chi connectivity index (χ3v) is 5.45. The number of hydrogen-bond donors (Lipinski definition) is 0. The topological polar surface area (TPSA) is 33.2 Å². The smallest absolute Gasteiger partial charge is 0.254 e. The molecule has 2 fully saturated rings. The summed E-state index contributed by atoms with van der Waals surface area (Å²) in [7, 11) is 1.95. The summed E-state index contributed by atoms with van der Waals surface area (Å²) in [6, 6.07) is 8.61. The number of fused-ring (bicyclic) bond motifs is 1.